The number of nitrogens with one attached hydrogen (secondary N) is 1. The second-order valence-corrected chi connectivity index (χ2v) is 5.16. The van der Waals surface area contributed by atoms with E-state index in [1.165, 1.54) is 19.2 Å². The maximum atomic E-state index is 12.0. The summed E-state index contributed by atoms with van der Waals surface area (Å²) in [6.07, 6.45) is 0. The second kappa shape index (κ2) is 8.01. The third-order valence-corrected chi connectivity index (χ3v) is 3.45. The molecule has 0 heterocycles. The first-order valence-electron chi connectivity index (χ1n) is 7.39. The van der Waals surface area contributed by atoms with Gasteiger partial charge in [0.2, 0.25) is 0 Å². The van der Waals surface area contributed by atoms with E-state index in [9.17, 15) is 14.7 Å². The first kappa shape index (κ1) is 17.3. The van der Waals surface area contributed by atoms with Crippen molar-refractivity contribution in [2.24, 2.45) is 0 Å². The van der Waals surface area contributed by atoms with Crippen LogP contribution >= 0.6 is 0 Å². The highest BCUT2D eigenvalue weighted by Gasteiger charge is 2.15. The number of methoxy groups -OCH3 is 1. The van der Waals surface area contributed by atoms with Gasteiger partial charge in [-0.1, -0.05) is 30.3 Å². The number of carbonyl (C=O) groups excluding carboxylic acids is 1. The molecule has 126 valence electrons. The molecule has 6 nitrogen and oxygen atoms in total. The molecule has 0 spiro atoms. The van der Waals surface area contributed by atoms with E-state index in [0.29, 0.717) is 5.75 Å². The van der Waals surface area contributed by atoms with Crippen LogP contribution < -0.4 is 14.8 Å². The smallest absolute Gasteiger partial charge is 0.339 e. The molecule has 2 aromatic rings. The molecule has 0 bridgehead atoms. The van der Waals surface area contributed by atoms with Crippen molar-refractivity contribution in [2.45, 2.75) is 13.0 Å². The fourth-order valence-electron chi connectivity index (χ4n) is 2.18. The predicted octanol–water partition coefficient (Wildman–Crippen LogP) is 2.65. The first-order valence-corrected chi connectivity index (χ1v) is 7.39. The molecule has 24 heavy (non-hydrogen) atoms. The van der Waals surface area contributed by atoms with Gasteiger partial charge in [-0.3, -0.25) is 4.79 Å². The van der Waals surface area contributed by atoms with E-state index >= 15 is 0 Å². The predicted molar refractivity (Wildman–Crippen MR) is 88.4 cm³/mol. The van der Waals surface area contributed by atoms with E-state index in [2.05, 4.69) is 5.32 Å². The van der Waals surface area contributed by atoms with E-state index in [4.69, 9.17) is 9.47 Å². The zero-order valence-electron chi connectivity index (χ0n) is 13.5. The summed E-state index contributed by atoms with van der Waals surface area (Å²) in [6.45, 7) is 1.59. The van der Waals surface area contributed by atoms with E-state index < -0.39 is 5.97 Å². The van der Waals surface area contributed by atoms with Gasteiger partial charge in [0.15, 0.2) is 6.61 Å². The van der Waals surface area contributed by atoms with Gasteiger partial charge in [0.25, 0.3) is 5.91 Å². The van der Waals surface area contributed by atoms with E-state index in [0.717, 1.165) is 5.56 Å². The van der Waals surface area contributed by atoms with Crippen molar-refractivity contribution >= 4 is 11.9 Å². The average molecular weight is 329 g/mol. The van der Waals surface area contributed by atoms with Crippen molar-refractivity contribution in [3.05, 3.63) is 59.7 Å². The Morgan fingerprint density at radius 1 is 1.17 bits per heavy atom. The Bertz CT molecular complexity index is 715. The number of carboxylic acid groups (broad SMARTS) is 1. The summed E-state index contributed by atoms with van der Waals surface area (Å²) < 4.78 is 10.3. The van der Waals surface area contributed by atoms with Crippen molar-refractivity contribution in [1.29, 1.82) is 0 Å². The van der Waals surface area contributed by atoms with Crippen LogP contribution in [-0.2, 0) is 4.79 Å². The number of amides is 1. The monoisotopic (exact) mass is 329 g/mol. The summed E-state index contributed by atoms with van der Waals surface area (Å²) in [5.74, 6) is -0.965. The molecule has 2 rings (SSSR count). The number of carboxylic acids is 1. The van der Waals surface area contributed by atoms with Crippen LogP contribution in [0.5, 0.6) is 11.5 Å². The van der Waals surface area contributed by atoms with Crippen molar-refractivity contribution in [3.8, 4) is 11.5 Å². The lowest BCUT2D eigenvalue weighted by molar-refractivity contribution is -0.123. The number of hydrogen-bond acceptors (Lipinski definition) is 4. The molecule has 0 aliphatic carbocycles. The van der Waals surface area contributed by atoms with E-state index in [-0.39, 0.29) is 29.9 Å². The number of benzene rings is 2. The number of carbonyl (C=O) groups is 2. The summed E-state index contributed by atoms with van der Waals surface area (Å²) >= 11 is 0. The molecular weight excluding hydrogens is 310 g/mol. The lowest BCUT2D eigenvalue weighted by atomic mass is 10.1. The third-order valence-electron chi connectivity index (χ3n) is 3.45. The van der Waals surface area contributed by atoms with Crippen LogP contribution in [0.25, 0.3) is 0 Å². The van der Waals surface area contributed by atoms with Gasteiger partial charge in [-0.25, -0.2) is 4.79 Å². The van der Waals surface area contributed by atoms with Crippen molar-refractivity contribution in [2.75, 3.05) is 13.7 Å². The molecule has 0 fully saturated rings. The highest BCUT2D eigenvalue weighted by Crippen LogP contribution is 2.24. The standard InChI is InChI=1S/C18H19NO5/c1-12(13-6-4-3-5-7-13)19-17(20)11-24-16-9-8-14(23-2)10-15(16)18(21)22/h3-10,12H,11H2,1-2H3,(H,19,20)(H,21,22)/t12-/m0/s1. The van der Waals surface area contributed by atoms with Crippen LogP contribution in [-0.4, -0.2) is 30.7 Å². The highest BCUT2D eigenvalue weighted by atomic mass is 16.5. The minimum Gasteiger partial charge on any atom is -0.497 e. The van der Waals surface area contributed by atoms with Crippen LogP contribution in [0.4, 0.5) is 0 Å². The minimum absolute atomic E-state index is 0.0572. The molecule has 0 radical (unpaired) electrons. The van der Waals surface area contributed by atoms with Gasteiger partial charge in [-0.2, -0.15) is 0 Å². The molecule has 6 heteroatoms. The quantitative estimate of drug-likeness (QED) is 0.816. The molecule has 0 aliphatic rings. The average Bonchev–Trinajstić information content (AvgIpc) is 2.60. The van der Waals surface area contributed by atoms with Crippen LogP contribution in [0.1, 0.15) is 28.9 Å². The van der Waals surface area contributed by atoms with Gasteiger partial charge >= 0.3 is 5.97 Å². The Kier molecular flexibility index (Phi) is 5.78. The Labute approximate surface area is 140 Å². The zero-order valence-corrected chi connectivity index (χ0v) is 13.5. The molecular formula is C18H19NO5. The number of hydrogen-bond donors (Lipinski definition) is 2. The minimum atomic E-state index is -1.15. The van der Waals surface area contributed by atoms with Crippen LogP contribution in [0.2, 0.25) is 0 Å². The summed E-state index contributed by atoms with van der Waals surface area (Å²) in [5.41, 5.74) is 0.916. The van der Waals surface area contributed by atoms with Crippen molar-refractivity contribution < 1.29 is 24.2 Å². The second-order valence-electron chi connectivity index (χ2n) is 5.16. The Hall–Kier alpha value is -3.02. The van der Waals surface area contributed by atoms with Crippen molar-refractivity contribution in [3.63, 3.8) is 0 Å². The fraction of sp³-hybridized carbons (Fsp3) is 0.222. The maximum absolute atomic E-state index is 12.0. The number of ether oxygens (including phenoxy) is 2. The summed E-state index contributed by atoms with van der Waals surface area (Å²) in [7, 11) is 1.44. The van der Waals surface area contributed by atoms with E-state index in [1.54, 1.807) is 6.07 Å². The third kappa shape index (κ3) is 4.49. The van der Waals surface area contributed by atoms with Crippen molar-refractivity contribution in [1.82, 2.24) is 5.32 Å². The molecule has 0 unspecified atom stereocenters. The van der Waals surface area contributed by atoms with Gasteiger partial charge in [0.1, 0.15) is 17.1 Å². The Morgan fingerprint density at radius 2 is 1.88 bits per heavy atom. The molecule has 0 aliphatic heterocycles. The largest absolute Gasteiger partial charge is 0.497 e. The number of aromatic carboxylic acids is 1. The summed E-state index contributed by atoms with van der Waals surface area (Å²) in [5, 5.41) is 12.0. The zero-order chi connectivity index (χ0) is 17.5. The fourth-order valence-corrected chi connectivity index (χ4v) is 2.18. The van der Waals surface area contributed by atoms with Gasteiger partial charge < -0.3 is 19.9 Å². The summed E-state index contributed by atoms with van der Waals surface area (Å²) in [6, 6.07) is 13.7. The van der Waals surface area contributed by atoms with Crippen LogP contribution in [0.15, 0.2) is 48.5 Å². The van der Waals surface area contributed by atoms with Gasteiger partial charge in [0, 0.05) is 0 Å². The van der Waals surface area contributed by atoms with Gasteiger partial charge in [-0.05, 0) is 30.7 Å². The van der Waals surface area contributed by atoms with E-state index in [1.807, 2.05) is 37.3 Å². The first-order chi connectivity index (χ1) is 11.5. The molecule has 0 aromatic heterocycles. The molecule has 0 saturated carbocycles. The maximum Gasteiger partial charge on any atom is 0.339 e. The lowest BCUT2D eigenvalue weighted by Gasteiger charge is -2.15. The lowest BCUT2D eigenvalue weighted by Crippen LogP contribution is -2.31. The molecule has 1 amide bonds. The topological polar surface area (TPSA) is 84.9 Å². The van der Waals surface area contributed by atoms with Crippen LogP contribution in [0, 0.1) is 0 Å². The molecule has 2 aromatic carbocycles. The molecule has 0 saturated heterocycles. The summed E-state index contributed by atoms with van der Waals surface area (Å²) in [4.78, 5) is 23.3. The SMILES string of the molecule is COc1ccc(OCC(=O)N[C@@H](C)c2ccccc2)c(C(=O)O)c1. The van der Waals surface area contributed by atoms with Crippen LogP contribution in [0.3, 0.4) is 0 Å². The molecule has 1 atom stereocenters. The Morgan fingerprint density at radius 3 is 2.50 bits per heavy atom. The van der Waals surface area contributed by atoms with Gasteiger partial charge in [-0.15, -0.1) is 0 Å². The Balaban J connectivity index is 1.98. The highest BCUT2D eigenvalue weighted by molar-refractivity contribution is 5.91. The number of rotatable bonds is 7. The van der Waals surface area contributed by atoms with Gasteiger partial charge in [0.05, 0.1) is 13.2 Å². The normalized spacial score (nSPS) is 11.4. The molecule has 2 N–H and O–H groups in total.